The number of carboxylic acids is 1. The summed E-state index contributed by atoms with van der Waals surface area (Å²) in [6.45, 7) is 0. The van der Waals surface area contributed by atoms with Crippen LogP contribution in [0.3, 0.4) is 0 Å². The zero-order valence-electron chi connectivity index (χ0n) is 5.40. The Balaban J connectivity index is 2.80. The van der Waals surface area contributed by atoms with Crippen LogP contribution in [0.1, 0.15) is 0 Å². The van der Waals surface area contributed by atoms with Gasteiger partial charge in [-0.25, -0.2) is 8.78 Å². The average molecular weight is 190 g/mol. The Morgan fingerprint density at radius 1 is 1.33 bits per heavy atom. The van der Waals surface area contributed by atoms with Gasteiger partial charge in [-0.2, -0.15) is 13.2 Å². The van der Waals surface area contributed by atoms with Crippen molar-refractivity contribution in [2.75, 3.05) is 0 Å². The standard InChI is InChI=1S/C5H3F5O2/c6-4(7)1(3(11)12)2(4)5(8,9)10/h1-2H,(H,11,12)/t1-,2+/m0/s1. The first kappa shape index (κ1) is 9.21. The topological polar surface area (TPSA) is 37.3 Å². The van der Waals surface area contributed by atoms with E-state index in [0.717, 1.165) is 0 Å². The van der Waals surface area contributed by atoms with E-state index >= 15 is 0 Å². The molecule has 0 spiro atoms. The van der Waals surface area contributed by atoms with Crippen molar-refractivity contribution in [3.63, 3.8) is 0 Å². The second-order valence-electron chi connectivity index (χ2n) is 2.51. The fourth-order valence-corrected chi connectivity index (χ4v) is 1.04. The zero-order valence-corrected chi connectivity index (χ0v) is 5.40. The summed E-state index contributed by atoms with van der Waals surface area (Å²) >= 11 is 0. The van der Waals surface area contributed by atoms with Gasteiger partial charge in [0.15, 0.2) is 0 Å². The predicted octanol–water partition coefficient (Wildman–Crippen LogP) is 1.51. The van der Waals surface area contributed by atoms with E-state index in [2.05, 4.69) is 0 Å². The number of rotatable bonds is 1. The molecule has 70 valence electrons. The molecule has 0 aromatic carbocycles. The molecule has 1 aliphatic rings. The lowest BCUT2D eigenvalue weighted by molar-refractivity contribution is -0.170. The monoisotopic (exact) mass is 190 g/mol. The van der Waals surface area contributed by atoms with E-state index in [1.807, 2.05) is 0 Å². The number of hydrogen-bond acceptors (Lipinski definition) is 1. The summed E-state index contributed by atoms with van der Waals surface area (Å²) in [4.78, 5) is 9.85. The highest BCUT2D eigenvalue weighted by Crippen LogP contribution is 2.62. The normalized spacial score (nSPS) is 33.1. The molecule has 2 atom stereocenters. The van der Waals surface area contributed by atoms with Crippen molar-refractivity contribution < 1.29 is 31.9 Å². The number of aliphatic carboxylic acids is 1. The molecule has 1 rings (SSSR count). The van der Waals surface area contributed by atoms with Crippen LogP contribution in [0.25, 0.3) is 0 Å². The lowest BCUT2D eigenvalue weighted by Gasteiger charge is -2.01. The van der Waals surface area contributed by atoms with Crippen LogP contribution < -0.4 is 0 Å². The summed E-state index contributed by atoms with van der Waals surface area (Å²) < 4.78 is 59.0. The van der Waals surface area contributed by atoms with Crippen molar-refractivity contribution in [2.24, 2.45) is 11.8 Å². The number of carbonyl (C=O) groups is 1. The highest BCUT2D eigenvalue weighted by molar-refractivity contribution is 5.76. The molecule has 1 aliphatic carbocycles. The maximum Gasteiger partial charge on any atom is 0.398 e. The molecule has 0 unspecified atom stereocenters. The molecule has 1 N–H and O–H groups in total. The van der Waals surface area contributed by atoms with Gasteiger partial charge in [0.05, 0.1) is 0 Å². The van der Waals surface area contributed by atoms with Gasteiger partial charge in [-0.15, -0.1) is 0 Å². The van der Waals surface area contributed by atoms with Crippen molar-refractivity contribution in [1.82, 2.24) is 0 Å². The quantitative estimate of drug-likeness (QED) is 0.636. The van der Waals surface area contributed by atoms with Crippen molar-refractivity contribution in [3.8, 4) is 0 Å². The van der Waals surface area contributed by atoms with Gasteiger partial charge in [0.1, 0.15) is 11.8 Å². The zero-order chi connectivity index (χ0) is 9.73. The lowest BCUT2D eigenvalue weighted by Crippen LogP contribution is -2.16. The molecule has 0 bridgehead atoms. The summed E-state index contributed by atoms with van der Waals surface area (Å²) in [6.07, 6.45) is -5.13. The van der Waals surface area contributed by atoms with E-state index in [0.29, 0.717) is 0 Å². The van der Waals surface area contributed by atoms with Crippen LogP contribution in [0.4, 0.5) is 22.0 Å². The van der Waals surface area contributed by atoms with Crippen LogP contribution in [0.5, 0.6) is 0 Å². The fourth-order valence-electron chi connectivity index (χ4n) is 1.04. The minimum Gasteiger partial charge on any atom is -0.481 e. The number of carboxylic acid groups (broad SMARTS) is 1. The Bertz CT molecular complexity index is 220. The third-order valence-corrected chi connectivity index (χ3v) is 1.67. The highest BCUT2D eigenvalue weighted by Gasteiger charge is 2.82. The largest absolute Gasteiger partial charge is 0.481 e. The van der Waals surface area contributed by atoms with Crippen LogP contribution in [0.15, 0.2) is 0 Å². The molecule has 0 amide bonds. The maximum absolute atomic E-state index is 12.1. The van der Waals surface area contributed by atoms with Crippen LogP contribution in [0, 0.1) is 11.8 Å². The van der Waals surface area contributed by atoms with E-state index in [1.165, 1.54) is 0 Å². The van der Waals surface area contributed by atoms with E-state index in [9.17, 15) is 26.7 Å². The first-order valence-electron chi connectivity index (χ1n) is 2.86. The van der Waals surface area contributed by atoms with Gasteiger partial charge >= 0.3 is 12.1 Å². The van der Waals surface area contributed by atoms with E-state index in [-0.39, 0.29) is 0 Å². The minimum atomic E-state index is -5.13. The molecule has 2 nitrogen and oxygen atoms in total. The molecule has 0 heterocycles. The lowest BCUT2D eigenvalue weighted by atomic mass is 10.3. The SMILES string of the molecule is O=C(O)[C@@H]1[C@@H](C(F)(F)F)C1(F)F. The molecule has 7 heteroatoms. The van der Waals surface area contributed by atoms with E-state index in [1.54, 1.807) is 0 Å². The van der Waals surface area contributed by atoms with Crippen molar-refractivity contribution in [2.45, 2.75) is 12.1 Å². The number of halogens is 5. The summed E-state index contributed by atoms with van der Waals surface area (Å²) in [5.41, 5.74) is 0. The average Bonchev–Trinajstić information content (AvgIpc) is 2.31. The Labute approximate surface area is 63.0 Å². The maximum atomic E-state index is 12.1. The highest BCUT2D eigenvalue weighted by atomic mass is 19.4. The van der Waals surface area contributed by atoms with Crippen molar-refractivity contribution in [1.29, 1.82) is 0 Å². The third-order valence-electron chi connectivity index (χ3n) is 1.67. The van der Waals surface area contributed by atoms with Crippen LogP contribution in [-0.4, -0.2) is 23.2 Å². The fraction of sp³-hybridized carbons (Fsp3) is 0.800. The molecular formula is C5H3F5O2. The van der Waals surface area contributed by atoms with Crippen molar-refractivity contribution >= 4 is 5.97 Å². The van der Waals surface area contributed by atoms with Gasteiger partial charge < -0.3 is 5.11 Å². The second-order valence-corrected chi connectivity index (χ2v) is 2.51. The van der Waals surface area contributed by atoms with Crippen LogP contribution >= 0.6 is 0 Å². The smallest absolute Gasteiger partial charge is 0.398 e. The second kappa shape index (κ2) is 2.08. The van der Waals surface area contributed by atoms with E-state index < -0.39 is 29.9 Å². The summed E-state index contributed by atoms with van der Waals surface area (Å²) in [6, 6.07) is 0. The minimum absolute atomic E-state index is 2.11. The molecule has 0 aliphatic heterocycles. The molecule has 0 saturated heterocycles. The van der Waals surface area contributed by atoms with Gasteiger partial charge in [0, 0.05) is 0 Å². The first-order chi connectivity index (χ1) is 5.19. The van der Waals surface area contributed by atoms with Crippen molar-refractivity contribution in [3.05, 3.63) is 0 Å². The van der Waals surface area contributed by atoms with Gasteiger partial charge in [-0.05, 0) is 0 Å². The summed E-state index contributed by atoms with van der Waals surface area (Å²) in [5.74, 6) is -11.9. The Morgan fingerprint density at radius 3 is 1.83 bits per heavy atom. The van der Waals surface area contributed by atoms with Gasteiger partial charge in [0.2, 0.25) is 0 Å². The van der Waals surface area contributed by atoms with Gasteiger partial charge in [-0.1, -0.05) is 0 Å². The molecule has 12 heavy (non-hydrogen) atoms. The summed E-state index contributed by atoms with van der Waals surface area (Å²) in [5, 5.41) is 7.94. The Morgan fingerprint density at radius 2 is 1.75 bits per heavy atom. The first-order valence-corrected chi connectivity index (χ1v) is 2.86. The number of hydrogen-bond donors (Lipinski definition) is 1. The van der Waals surface area contributed by atoms with Crippen LogP contribution in [-0.2, 0) is 4.79 Å². The molecular weight excluding hydrogens is 187 g/mol. The molecule has 1 saturated carbocycles. The predicted molar refractivity (Wildman–Crippen MR) is 25.6 cm³/mol. The van der Waals surface area contributed by atoms with Gasteiger partial charge in [0.25, 0.3) is 5.92 Å². The molecule has 0 radical (unpaired) electrons. The van der Waals surface area contributed by atoms with Crippen LogP contribution in [0.2, 0.25) is 0 Å². The molecule has 1 fully saturated rings. The summed E-state index contributed by atoms with van der Waals surface area (Å²) in [7, 11) is 0. The third kappa shape index (κ3) is 1.12. The molecule has 0 aromatic rings. The Kier molecular flexibility index (Phi) is 1.60. The van der Waals surface area contributed by atoms with Gasteiger partial charge in [-0.3, -0.25) is 4.79 Å². The number of alkyl halides is 5. The molecule has 0 aromatic heterocycles. The van der Waals surface area contributed by atoms with E-state index in [4.69, 9.17) is 5.11 Å². The Hall–Kier alpha value is -0.880.